The highest BCUT2D eigenvalue weighted by molar-refractivity contribution is 6.10. The van der Waals surface area contributed by atoms with Gasteiger partial charge in [-0.25, -0.2) is 26.7 Å². The van der Waals surface area contributed by atoms with Crippen LogP contribution in [0.3, 0.4) is 0 Å². The lowest BCUT2D eigenvalue weighted by molar-refractivity contribution is 0.102. The van der Waals surface area contributed by atoms with Crippen molar-refractivity contribution in [2.75, 3.05) is 10.6 Å². The van der Waals surface area contributed by atoms with Crippen LogP contribution in [0.4, 0.5) is 38.1 Å². The second-order valence-corrected chi connectivity index (χ2v) is 6.71. The first-order valence-electron chi connectivity index (χ1n) is 9.20. The van der Waals surface area contributed by atoms with E-state index in [1.165, 1.54) is 18.5 Å². The minimum Gasteiger partial charge on any atom is -0.308 e. The molecule has 2 aromatic carbocycles. The Morgan fingerprint density at radius 1 is 0.788 bits per heavy atom. The van der Waals surface area contributed by atoms with E-state index in [1.54, 1.807) is 12.1 Å². The zero-order valence-electron chi connectivity index (χ0n) is 16.3. The van der Waals surface area contributed by atoms with E-state index in [2.05, 4.69) is 15.3 Å². The quantitative estimate of drug-likeness (QED) is 0.250. The molecule has 4 rings (SSSR count). The fourth-order valence-corrected chi connectivity index (χ4v) is 2.98. The Balaban J connectivity index is 1.65. The van der Waals surface area contributed by atoms with Crippen LogP contribution in [-0.4, -0.2) is 21.8 Å². The van der Waals surface area contributed by atoms with E-state index in [0.717, 1.165) is 12.1 Å². The molecule has 4 aromatic rings. The first-order valence-corrected chi connectivity index (χ1v) is 9.20. The maximum absolute atomic E-state index is 15.0. The predicted molar refractivity (Wildman–Crippen MR) is 108 cm³/mol. The summed E-state index contributed by atoms with van der Waals surface area (Å²) in [6, 6.07) is 5.98. The summed E-state index contributed by atoms with van der Waals surface area (Å²) < 4.78 is 69.7. The van der Waals surface area contributed by atoms with E-state index in [-0.39, 0.29) is 11.4 Å². The van der Waals surface area contributed by atoms with Gasteiger partial charge in [0.25, 0.3) is 0 Å². The number of amides is 2. The average Bonchev–Trinajstić information content (AvgIpc) is 2.79. The van der Waals surface area contributed by atoms with Gasteiger partial charge in [0.1, 0.15) is 11.3 Å². The summed E-state index contributed by atoms with van der Waals surface area (Å²) in [6.07, 6.45) is 2.70. The van der Waals surface area contributed by atoms with Gasteiger partial charge in [0.15, 0.2) is 29.1 Å². The van der Waals surface area contributed by atoms with Gasteiger partial charge in [-0.2, -0.15) is 0 Å². The van der Waals surface area contributed by atoms with Crippen LogP contribution in [0.5, 0.6) is 0 Å². The number of nitrogens with zero attached hydrogens (tertiary/aromatic N) is 2. The molecule has 0 bridgehead atoms. The van der Waals surface area contributed by atoms with E-state index >= 15 is 0 Å². The van der Waals surface area contributed by atoms with E-state index in [1.807, 2.05) is 5.32 Å². The van der Waals surface area contributed by atoms with E-state index < -0.39 is 52.2 Å². The molecule has 0 saturated carbocycles. The molecule has 2 N–H and O–H groups in total. The number of fused-ring (bicyclic) bond motifs is 1. The van der Waals surface area contributed by atoms with Gasteiger partial charge in [0.2, 0.25) is 5.78 Å². The smallest absolute Gasteiger partial charge is 0.308 e. The van der Waals surface area contributed by atoms with Crippen LogP contribution in [0, 0.1) is 29.1 Å². The second kappa shape index (κ2) is 8.61. The van der Waals surface area contributed by atoms with Crippen molar-refractivity contribution in [3.8, 4) is 0 Å². The molecule has 33 heavy (non-hydrogen) atoms. The average molecular weight is 458 g/mol. The molecule has 0 fully saturated rings. The lowest BCUT2D eigenvalue weighted by atomic mass is 10.0. The second-order valence-electron chi connectivity index (χ2n) is 6.71. The number of hydrogen-bond donors (Lipinski definition) is 2. The van der Waals surface area contributed by atoms with Crippen LogP contribution in [0.25, 0.3) is 10.9 Å². The van der Waals surface area contributed by atoms with Gasteiger partial charge in [0, 0.05) is 29.4 Å². The summed E-state index contributed by atoms with van der Waals surface area (Å²) in [4.78, 5) is 32.7. The molecular weight excluding hydrogens is 447 g/mol. The van der Waals surface area contributed by atoms with Gasteiger partial charge in [-0.3, -0.25) is 14.8 Å². The number of carbonyl (C=O) groups is 2. The zero-order chi connectivity index (χ0) is 23.7. The Kier molecular flexibility index (Phi) is 5.69. The Bertz CT molecular complexity index is 1430. The van der Waals surface area contributed by atoms with Crippen molar-refractivity contribution in [1.29, 1.82) is 0 Å². The maximum atomic E-state index is 15.0. The number of ketones is 1. The van der Waals surface area contributed by atoms with Crippen LogP contribution in [0.15, 0.2) is 54.9 Å². The number of urea groups is 1. The number of anilines is 2. The van der Waals surface area contributed by atoms with Gasteiger partial charge in [-0.1, -0.05) is 6.07 Å². The number of rotatable bonds is 4. The lowest BCUT2D eigenvalue weighted by Crippen LogP contribution is -2.22. The molecule has 2 heterocycles. The molecule has 0 spiro atoms. The van der Waals surface area contributed by atoms with E-state index in [9.17, 15) is 31.5 Å². The lowest BCUT2D eigenvalue weighted by Gasteiger charge is -2.12. The molecule has 0 aliphatic heterocycles. The van der Waals surface area contributed by atoms with Crippen molar-refractivity contribution in [1.82, 2.24) is 9.97 Å². The SMILES string of the molecule is O=C(Nc1ccc(F)c(F)c1)Nc1cc(F)c(F)c(C(=O)c2cc3cccnc3cn2)c1F. The molecule has 2 amide bonds. The number of benzene rings is 2. The van der Waals surface area contributed by atoms with Gasteiger partial charge >= 0.3 is 6.03 Å². The number of halogens is 5. The highest BCUT2D eigenvalue weighted by atomic mass is 19.2. The maximum Gasteiger partial charge on any atom is 0.323 e. The first-order chi connectivity index (χ1) is 15.7. The van der Waals surface area contributed by atoms with Crippen LogP contribution in [0.1, 0.15) is 16.1 Å². The molecule has 0 aliphatic carbocycles. The third-order valence-corrected chi connectivity index (χ3v) is 4.53. The standard InChI is InChI=1S/C22H11F5N4O2/c23-12-4-3-11(7-13(12)24)30-22(33)31-15-8-14(25)19(26)18(20(15)27)21(32)16-6-10-2-1-5-28-17(10)9-29-16/h1-9H,(H2,30,31,33). The largest absolute Gasteiger partial charge is 0.323 e. The number of pyridine rings is 2. The molecule has 0 saturated heterocycles. The Morgan fingerprint density at radius 2 is 1.58 bits per heavy atom. The Morgan fingerprint density at radius 3 is 2.33 bits per heavy atom. The fourth-order valence-electron chi connectivity index (χ4n) is 2.98. The number of hydrogen-bond acceptors (Lipinski definition) is 4. The molecule has 6 nitrogen and oxygen atoms in total. The van der Waals surface area contributed by atoms with Crippen LogP contribution < -0.4 is 10.6 Å². The van der Waals surface area contributed by atoms with E-state index in [4.69, 9.17) is 0 Å². The van der Waals surface area contributed by atoms with Crippen LogP contribution in [-0.2, 0) is 0 Å². The summed E-state index contributed by atoms with van der Waals surface area (Å²) in [6.45, 7) is 0. The normalized spacial score (nSPS) is 10.8. The molecular formula is C22H11F5N4O2. The van der Waals surface area contributed by atoms with Crippen LogP contribution in [0.2, 0.25) is 0 Å². The molecule has 166 valence electrons. The van der Waals surface area contributed by atoms with Crippen LogP contribution >= 0.6 is 0 Å². The summed E-state index contributed by atoms with van der Waals surface area (Å²) in [5, 5.41) is 4.44. The van der Waals surface area contributed by atoms with Crippen molar-refractivity contribution < 1.29 is 31.5 Å². The Labute approximate surface area is 182 Å². The van der Waals surface area contributed by atoms with Gasteiger partial charge in [-0.05, 0) is 24.3 Å². The number of aromatic nitrogens is 2. The van der Waals surface area contributed by atoms with E-state index in [0.29, 0.717) is 23.0 Å². The zero-order valence-corrected chi connectivity index (χ0v) is 16.3. The molecule has 0 aliphatic rings. The molecule has 2 aromatic heterocycles. The third kappa shape index (κ3) is 4.33. The van der Waals surface area contributed by atoms with Crippen molar-refractivity contribution in [2.45, 2.75) is 0 Å². The van der Waals surface area contributed by atoms with Gasteiger partial charge in [0.05, 0.1) is 17.4 Å². The molecule has 0 radical (unpaired) electrons. The summed E-state index contributed by atoms with van der Waals surface area (Å²) in [7, 11) is 0. The molecule has 0 unspecified atom stereocenters. The summed E-state index contributed by atoms with van der Waals surface area (Å²) in [5.41, 5.74) is -2.28. The first kappa shape index (κ1) is 21.8. The topological polar surface area (TPSA) is 84.0 Å². The molecule has 11 heteroatoms. The monoisotopic (exact) mass is 458 g/mol. The van der Waals surface area contributed by atoms with Crippen molar-refractivity contribution in [3.05, 3.63) is 95.2 Å². The number of nitrogens with one attached hydrogen (secondary N) is 2. The predicted octanol–water partition coefficient (Wildman–Crippen LogP) is 5.20. The highest BCUT2D eigenvalue weighted by Crippen LogP contribution is 2.27. The van der Waals surface area contributed by atoms with Crippen molar-refractivity contribution >= 4 is 34.1 Å². The highest BCUT2D eigenvalue weighted by Gasteiger charge is 2.27. The third-order valence-electron chi connectivity index (χ3n) is 4.53. The van der Waals surface area contributed by atoms with Crippen molar-refractivity contribution in [3.63, 3.8) is 0 Å². The fraction of sp³-hybridized carbons (Fsp3) is 0. The van der Waals surface area contributed by atoms with Gasteiger partial charge < -0.3 is 10.6 Å². The number of carbonyl (C=O) groups excluding carboxylic acids is 2. The minimum absolute atomic E-state index is 0.195. The summed E-state index contributed by atoms with van der Waals surface area (Å²) in [5.74, 6) is -8.60. The minimum atomic E-state index is -1.77. The molecule has 0 atom stereocenters. The Hall–Kier alpha value is -4.41. The summed E-state index contributed by atoms with van der Waals surface area (Å²) >= 11 is 0. The van der Waals surface area contributed by atoms with Gasteiger partial charge in [-0.15, -0.1) is 0 Å². The van der Waals surface area contributed by atoms with Crippen molar-refractivity contribution in [2.24, 2.45) is 0 Å².